The normalized spacial score (nSPS) is 32.7. The fraction of sp³-hybridized carbons (Fsp3) is 0.737. The summed E-state index contributed by atoms with van der Waals surface area (Å²) in [6, 6.07) is 0. The molecule has 1 aromatic heterocycles. The predicted octanol–water partition coefficient (Wildman–Crippen LogP) is 1.94. The molecule has 7 heteroatoms. The summed E-state index contributed by atoms with van der Waals surface area (Å²) >= 11 is 0. The molecule has 3 aliphatic rings. The molecule has 7 nitrogen and oxygen atoms in total. The summed E-state index contributed by atoms with van der Waals surface area (Å²) in [6.45, 7) is 9.83. The zero-order chi connectivity index (χ0) is 18.3. The molecule has 0 aliphatic carbocycles. The van der Waals surface area contributed by atoms with Gasteiger partial charge in [-0.15, -0.1) is 0 Å². The molecule has 3 fully saturated rings. The van der Waals surface area contributed by atoms with Crippen molar-refractivity contribution in [2.24, 2.45) is 11.8 Å². The Bertz CT molecular complexity index is 711. The van der Waals surface area contributed by atoms with Crippen molar-refractivity contribution in [3.8, 4) is 0 Å². The van der Waals surface area contributed by atoms with Gasteiger partial charge in [0.1, 0.15) is 5.69 Å². The standard InChI is InChI=1S/C19H28N4O3/c1-12(2)5-4-8-23-10-15-14(16-6-7-19(15,11-23)25-16)9-20-18(24)17-13(3)21-26-22-17/h5,14-16H,4,6-11H2,1-3H3,(H,20,24)/t14-,15+,16+,19+/m0/s1. The minimum Gasteiger partial charge on any atom is -0.370 e. The molecule has 3 saturated heterocycles. The number of fused-ring (bicyclic) bond motifs is 1. The van der Waals surface area contributed by atoms with Crippen LogP contribution in [0.1, 0.15) is 49.3 Å². The van der Waals surface area contributed by atoms with Crippen molar-refractivity contribution >= 4 is 5.91 Å². The molecule has 3 aliphatic heterocycles. The zero-order valence-electron chi connectivity index (χ0n) is 15.8. The fourth-order valence-electron chi connectivity index (χ4n) is 5.00. The molecule has 26 heavy (non-hydrogen) atoms. The molecule has 142 valence electrons. The van der Waals surface area contributed by atoms with E-state index < -0.39 is 0 Å². The molecule has 0 aromatic carbocycles. The third kappa shape index (κ3) is 3.07. The quantitative estimate of drug-likeness (QED) is 0.781. The Balaban J connectivity index is 1.37. The first-order valence-corrected chi connectivity index (χ1v) is 9.59. The highest BCUT2D eigenvalue weighted by Crippen LogP contribution is 2.54. The first-order valence-electron chi connectivity index (χ1n) is 9.59. The summed E-state index contributed by atoms with van der Waals surface area (Å²) in [7, 11) is 0. The number of aryl methyl sites for hydroxylation is 1. The molecule has 0 unspecified atom stereocenters. The molecule has 1 amide bonds. The van der Waals surface area contributed by atoms with Crippen molar-refractivity contribution in [1.82, 2.24) is 20.5 Å². The Kier molecular flexibility index (Phi) is 4.61. The third-order valence-electron chi connectivity index (χ3n) is 6.22. The van der Waals surface area contributed by atoms with Crippen LogP contribution in [-0.2, 0) is 4.74 Å². The number of likely N-dealkylation sites (tertiary alicyclic amines) is 1. The summed E-state index contributed by atoms with van der Waals surface area (Å²) in [5.74, 6) is 0.671. The number of carbonyl (C=O) groups is 1. The van der Waals surface area contributed by atoms with Crippen LogP contribution in [0.15, 0.2) is 16.3 Å². The number of aromatic nitrogens is 2. The Hall–Kier alpha value is -1.73. The van der Waals surface area contributed by atoms with Gasteiger partial charge in [0.2, 0.25) is 0 Å². The molecule has 1 aromatic rings. The maximum atomic E-state index is 12.3. The van der Waals surface area contributed by atoms with Crippen molar-refractivity contribution in [1.29, 1.82) is 0 Å². The van der Waals surface area contributed by atoms with Crippen LogP contribution in [0.25, 0.3) is 0 Å². The number of rotatable bonds is 6. The largest absolute Gasteiger partial charge is 0.370 e. The van der Waals surface area contributed by atoms with Crippen molar-refractivity contribution < 1.29 is 14.2 Å². The number of ether oxygens (including phenoxy) is 1. The number of allylic oxidation sites excluding steroid dienone is 1. The Labute approximate surface area is 154 Å². The monoisotopic (exact) mass is 360 g/mol. The van der Waals surface area contributed by atoms with Crippen molar-refractivity contribution in [3.63, 3.8) is 0 Å². The topological polar surface area (TPSA) is 80.5 Å². The number of hydrogen-bond donors (Lipinski definition) is 1. The maximum absolute atomic E-state index is 12.3. The second kappa shape index (κ2) is 6.78. The van der Waals surface area contributed by atoms with Gasteiger partial charge in [0.05, 0.1) is 11.7 Å². The van der Waals surface area contributed by atoms with Gasteiger partial charge in [0.15, 0.2) is 5.69 Å². The lowest BCUT2D eigenvalue weighted by molar-refractivity contribution is 0.00290. The van der Waals surface area contributed by atoms with Crippen LogP contribution in [0.2, 0.25) is 0 Å². The highest BCUT2D eigenvalue weighted by molar-refractivity contribution is 5.92. The summed E-state index contributed by atoms with van der Waals surface area (Å²) < 4.78 is 11.1. The van der Waals surface area contributed by atoms with Crippen molar-refractivity contribution in [2.45, 2.75) is 51.7 Å². The number of nitrogens with one attached hydrogen (secondary N) is 1. The Morgan fingerprint density at radius 2 is 2.27 bits per heavy atom. The average Bonchev–Trinajstić information content (AvgIpc) is 3.32. The molecule has 1 spiro atoms. The van der Waals surface area contributed by atoms with Crippen LogP contribution in [0.3, 0.4) is 0 Å². The third-order valence-corrected chi connectivity index (χ3v) is 6.22. The van der Waals surface area contributed by atoms with Crippen LogP contribution in [0, 0.1) is 18.8 Å². The molecule has 1 N–H and O–H groups in total. The Morgan fingerprint density at radius 1 is 1.42 bits per heavy atom. The first kappa shape index (κ1) is 17.7. The zero-order valence-corrected chi connectivity index (χ0v) is 15.8. The van der Waals surface area contributed by atoms with Gasteiger partial charge < -0.3 is 10.1 Å². The summed E-state index contributed by atoms with van der Waals surface area (Å²) in [5.41, 5.74) is 2.18. The minimum atomic E-state index is -0.209. The number of hydrogen-bond acceptors (Lipinski definition) is 6. The highest BCUT2D eigenvalue weighted by Gasteiger charge is 2.62. The lowest BCUT2D eigenvalue weighted by Crippen LogP contribution is -2.42. The van der Waals surface area contributed by atoms with Gasteiger partial charge in [-0.2, -0.15) is 0 Å². The lowest BCUT2D eigenvalue weighted by Gasteiger charge is -2.29. The van der Waals surface area contributed by atoms with Crippen LogP contribution in [0.4, 0.5) is 0 Å². The van der Waals surface area contributed by atoms with E-state index in [1.165, 1.54) is 5.57 Å². The Morgan fingerprint density at radius 3 is 3.00 bits per heavy atom. The second-order valence-electron chi connectivity index (χ2n) is 8.24. The SMILES string of the molecule is CC(C)=CCCN1C[C@@H]2[C@H](CNC(=O)c3nonc3C)[C@H]3CC[C@]2(C1)O3. The maximum Gasteiger partial charge on any atom is 0.275 e. The average molecular weight is 360 g/mol. The van der Waals surface area contributed by atoms with Crippen LogP contribution < -0.4 is 5.32 Å². The minimum absolute atomic E-state index is 0.0103. The molecule has 4 heterocycles. The second-order valence-corrected chi connectivity index (χ2v) is 8.24. The molecule has 0 radical (unpaired) electrons. The summed E-state index contributed by atoms with van der Waals surface area (Å²) in [4.78, 5) is 14.9. The number of carbonyl (C=O) groups excluding carboxylic acids is 1. The van der Waals surface area contributed by atoms with Gasteiger partial charge in [0, 0.05) is 38.0 Å². The van der Waals surface area contributed by atoms with Gasteiger partial charge in [-0.3, -0.25) is 9.69 Å². The molecule has 0 saturated carbocycles. The molecule has 4 atom stereocenters. The molecule has 2 bridgehead atoms. The number of nitrogens with zero attached hydrogens (tertiary/aromatic N) is 3. The van der Waals surface area contributed by atoms with Gasteiger partial charge in [-0.25, -0.2) is 4.63 Å². The highest BCUT2D eigenvalue weighted by atomic mass is 16.6. The van der Waals surface area contributed by atoms with E-state index in [1.54, 1.807) is 6.92 Å². The van der Waals surface area contributed by atoms with E-state index >= 15 is 0 Å². The van der Waals surface area contributed by atoms with Gasteiger partial charge in [-0.05, 0) is 45.2 Å². The van der Waals surface area contributed by atoms with E-state index in [0.29, 0.717) is 24.1 Å². The lowest BCUT2D eigenvalue weighted by atomic mass is 9.73. The number of amides is 1. The summed E-state index contributed by atoms with van der Waals surface area (Å²) in [6.07, 6.45) is 5.92. The van der Waals surface area contributed by atoms with Crippen molar-refractivity contribution in [3.05, 3.63) is 23.0 Å². The molecule has 4 rings (SSSR count). The first-order chi connectivity index (χ1) is 12.5. The van der Waals surface area contributed by atoms with E-state index in [0.717, 1.165) is 38.9 Å². The van der Waals surface area contributed by atoms with Gasteiger partial charge >= 0.3 is 0 Å². The van der Waals surface area contributed by atoms with E-state index in [-0.39, 0.29) is 23.3 Å². The van der Waals surface area contributed by atoms with E-state index in [9.17, 15) is 4.79 Å². The van der Waals surface area contributed by atoms with E-state index in [4.69, 9.17) is 4.74 Å². The molecular formula is C19H28N4O3. The van der Waals surface area contributed by atoms with E-state index in [2.05, 4.69) is 45.1 Å². The predicted molar refractivity (Wildman–Crippen MR) is 95.7 cm³/mol. The van der Waals surface area contributed by atoms with Crippen LogP contribution in [-0.4, -0.2) is 59.0 Å². The molecular weight excluding hydrogens is 332 g/mol. The summed E-state index contributed by atoms with van der Waals surface area (Å²) in [5, 5.41) is 10.4. The van der Waals surface area contributed by atoms with Gasteiger partial charge in [-0.1, -0.05) is 16.8 Å². The fourth-order valence-corrected chi connectivity index (χ4v) is 5.00. The van der Waals surface area contributed by atoms with Crippen molar-refractivity contribution in [2.75, 3.05) is 26.2 Å². The van der Waals surface area contributed by atoms with E-state index in [1.807, 2.05) is 0 Å². The van der Waals surface area contributed by atoms with Gasteiger partial charge in [0.25, 0.3) is 5.91 Å². The van der Waals surface area contributed by atoms with Crippen LogP contribution >= 0.6 is 0 Å². The smallest absolute Gasteiger partial charge is 0.275 e. The van der Waals surface area contributed by atoms with Crippen LogP contribution in [0.5, 0.6) is 0 Å².